The van der Waals surface area contributed by atoms with Crippen LogP contribution in [0.2, 0.25) is 0 Å². The van der Waals surface area contributed by atoms with E-state index in [4.69, 9.17) is 4.74 Å². The fraction of sp³-hybridized carbons (Fsp3) is 0.727. The lowest BCUT2D eigenvalue weighted by molar-refractivity contribution is -0.134. The molecule has 1 aromatic heterocycles. The fourth-order valence-corrected chi connectivity index (χ4v) is 1.62. The van der Waals surface area contributed by atoms with Crippen molar-refractivity contribution >= 4 is 5.95 Å². The lowest BCUT2D eigenvalue weighted by Gasteiger charge is -2.16. The van der Waals surface area contributed by atoms with Gasteiger partial charge >= 0.3 is 6.18 Å². The number of halogens is 3. The van der Waals surface area contributed by atoms with Crippen LogP contribution in [-0.2, 0) is 4.74 Å². The first-order chi connectivity index (χ1) is 8.44. The molecular formula is C11H18F3N3O. The number of anilines is 1. The molecule has 1 rings (SSSR count). The predicted molar refractivity (Wildman–Crippen MR) is 62.6 cm³/mol. The molecular weight excluding hydrogens is 247 g/mol. The molecule has 18 heavy (non-hydrogen) atoms. The Labute approximate surface area is 104 Å². The molecule has 0 fully saturated rings. The van der Waals surface area contributed by atoms with E-state index in [1.807, 2.05) is 11.5 Å². The molecule has 104 valence electrons. The molecule has 1 N–H and O–H groups in total. The largest absolute Gasteiger partial charge is 0.389 e. The van der Waals surface area contributed by atoms with Crippen molar-refractivity contribution < 1.29 is 17.9 Å². The highest BCUT2D eigenvalue weighted by atomic mass is 19.4. The Hall–Kier alpha value is -1.24. The Morgan fingerprint density at radius 1 is 1.50 bits per heavy atom. The van der Waals surface area contributed by atoms with Gasteiger partial charge in [-0.25, -0.2) is 4.98 Å². The minimum absolute atomic E-state index is 0.0367. The summed E-state index contributed by atoms with van der Waals surface area (Å²) in [5, 5.41) is 2.90. The van der Waals surface area contributed by atoms with Crippen molar-refractivity contribution in [1.29, 1.82) is 0 Å². The van der Waals surface area contributed by atoms with E-state index >= 15 is 0 Å². The second-order valence-corrected chi connectivity index (χ2v) is 4.11. The first-order valence-corrected chi connectivity index (χ1v) is 5.76. The molecule has 0 radical (unpaired) electrons. The minimum Gasteiger partial charge on any atom is -0.383 e. The van der Waals surface area contributed by atoms with Crippen molar-refractivity contribution in [1.82, 2.24) is 9.55 Å². The van der Waals surface area contributed by atoms with Gasteiger partial charge in [0.05, 0.1) is 12.6 Å². The SMILES string of the molecule is COCC(C)n1ccnc1NCCCC(F)(F)F. The monoisotopic (exact) mass is 265 g/mol. The van der Waals surface area contributed by atoms with E-state index in [0.29, 0.717) is 12.6 Å². The van der Waals surface area contributed by atoms with E-state index in [2.05, 4.69) is 10.3 Å². The number of nitrogens with one attached hydrogen (secondary N) is 1. The van der Waals surface area contributed by atoms with Crippen LogP contribution in [0.1, 0.15) is 25.8 Å². The zero-order chi connectivity index (χ0) is 13.6. The molecule has 7 heteroatoms. The number of nitrogens with zero attached hydrogens (tertiary/aromatic N) is 2. The topological polar surface area (TPSA) is 39.1 Å². The van der Waals surface area contributed by atoms with Crippen LogP contribution in [0.3, 0.4) is 0 Å². The summed E-state index contributed by atoms with van der Waals surface area (Å²) in [4.78, 5) is 4.07. The van der Waals surface area contributed by atoms with E-state index in [-0.39, 0.29) is 19.0 Å². The molecule has 4 nitrogen and oxygen atoms in total. The quantitative estimate of drug-likeness (QED) is 0.770. The number of rotatable bonds is 7. The zero-order valence-corrected chi connectivity index (χ0v) is 10.5. The van der Waals surface area contributed by atoms with Crippen LogP contribution in [0.4, 0.5) is 19.1 Å². The molecule has 1 unspecified atom stereocenters. The lowest BCUT2D eigenvalue weighted by Crippen LogP contribution is -2.16. The third-order valence-corrected chi connectivity index (χ3v) is 2.47. The fourth-order valence-electron chi connectivity index (χ4n) is 1.62. The molecule has 0 aliphatic rings. The molecule has 0 amide bonds. The molecule has 1 aromatic rings. The molecule has 0 saturated carbocycles. The van der Waals surface area contributed by atoms with Gasteiger partial charge in [0, 0.05) is 32.5 Å². The van der Waals surface area contributed by atoms with Crippen LogP contribution in [-0.4, -0.2) is 36.0 Å². The summed E-state index contributed by atoms with van der Waals surface area (Å²) in [7, 11) is 1.60. The Morgan fingerprint density at radius 3 is 2.83 bits per heavy atom. The maximum atomic E-state index is 12.0. The Morgan fingerprint density at radius 2 is 2.22 bits per heavy atom. The summed E-state index contributed by atoms with van der Waals surface area (Å²) in [6.07, 6.45) is -1.46. The third-order valence-electron chi connectivity index (χ3n) is 2.47. The van der Waals surface area contributed by atoms with Crippen molar-refractivity contribution in [3.8, 4) is 0 Å². The van der Waals surface area contributed by atoms with Gasteiger partial charge < -0.3 is 14.6 Å². The number of hydrogen-bond acceptors (Lipinski definition) is 3. The normalized spacial score (nSPS) is 13.6. The highest BCUT2D eigenvalue weighted by Crippen LogP contribution is 2.21. The van der Waals surface area contributed by atoms with E-state index in [1.165, 1.54) is 0 Å². The average Bonchev–Trinajstić information content (AvgIpc) is 2.71. The summed E-state index contributed by atoms with van der Waals surface area (Å²) >= 11 is 0. The van der Waals surface area contributed by atoms with E-state index in [1.54, 1.807) is 19.5 Å². The van der Waals surface area contributed by atoms with E-state index in [9.17, 15) is 13.2 Å². The first kappa shape index (κ1) is 14.8. The van der Waals surface area contributed by atoms with Crippen molar-refractivity contribution in [3.63, 3.8) is 0 Å². The van der Waals surface area contributed by atoms with Crippen LogP contribution in [0.5, 0.6) is 0 Å². The smallest absolute Gasteiger partial charge is 0.383 e. The van der Waals surface area contributed by atoms with E-state index < -0.39 is 12.6 Å². The summed E-state index contributed by atoms with van der Waals surface area (Å²) in [5.41, 5.74) is 0. The van der Waals surface area contributed by atoms with Gasteiger partial charge in [0.25, 0.3) is 0 Å². The number of aromatic nitrogens is 2. The van der Waals surface area contributed by atoms with Gasteiger partial charge in [-0.2, -0.15) is 13.2 Å². The van der Waals surface area contributed by atoms with Crippen LogP contribution in [0.15, 0.2) is 12.4 Å². The molecule has 0 aliphatic carbocycles. The Balaban J connectivity index is 2.41. The van der Waals surface area contributed by atoms with Gasteiger partial charge in [-0.15, -0.1) is 0 Å². The van der Waals surface area contributed by atoms with Crippen molar-refractivity contribution in [3.05, 3.63) is 12.4 Å². The summed E-state index contributed by atoms with van der Waals surface area (Å²) in [6.45, 7) is 2.72. The standard InChI is InChI=1S/C11H18F3N3O/c1-9(8-18-2)17-7-6-16-10(17)15-5-3-4-11(12,13)14/h6-7,9H,3-5,8H2,1-2H3,(H,15,16). The molecule has 1 heterocycles. The van der Waals surface area contributed by atoms with Crippen LogP contribution < -0.4 is 5.32 Å². The van der Waals surface area contributed by atoms with Crippen molar-refractivity contribution in [2.45, 2.75) is 32.0 Å². The first-order valence-electron chi connectivity index (χ1n) is 5.76. The lowest BCUT2D eigenvalue weighted by atomic mass is 10.3. The maximum absolute atomic E-state index is 12.0. The summed E-state index contributed by atoms with van der Waals surface area (Å²) in [5.74, 6) is 0.571. The van der Waals surface area contributed by atoms with Crippen LogP contribution >= 0.6 is 0 Å². The highest BCUT2D eigenvalue weighted by Gasteiger charge is 2.25. The summed E-state index contributed by atoms with van der Waals surface area (Å²) in [6, 6.07) is 0.0858. The van der Waals surface area contributed by atoms with E-state index in [0.717, 1.165) is 0 Å². The van der Waals surface area contributed by atoms with Gasteiger partial charge in [0.15, 0.2) is 0 Å². The van der Waals surface area contributed by atoms with Crippen molar-refractivity contribution in [2.24, 2.45) is 0 Å². The van der Waals surface area contributed by atoms with Crippen LogP contribution in [0, 0.1) is 0 Å². The van der Waals surface area contributed by atoms with Gasteiger partial charge in [-0.05, 0) is 13.3 Å². The molecule has 1 atom stereocenters. The van der Waals surface area contributed by atoms with Crippen LogP contribution in [0.25, 0.3) is 0 Å². The predicted octanol–water partition coefficient (Wildman–Crippen LogP) is 2.84. The molecule has 0 saturated heterocycles. The van der Waals surface area contributed by atoms with Gasteiger partial charge in [-0.3, -0.25) is 0 Å². The minimum atomic E-state index is -4.10. The molecule has 0 aromatic carbocycles. The maximum Gasteiger partial charge on any atom is 0.389 e. The average molecular weight is 265 g/mol. The Bertz CT molecular complexity index is 352. The third kappa shape index (κ3) is 4.95. The van der Waals surface area contributed by atoms with Gasteiger partial charge in [0.1, 0.15) is 0 Å². The second-order valence-electron chi connectivity index (χ2n) is 4.11. The zero-order valence-electron chi connectivity index (χ0n) is 10.5. The highest BCUT2D eigenvalue weighted by molar-refractivity contribution is 5.26. The summed E-state index contributed by atoms with van der Waals surface area (Å²) < 4.78 is 42.8. The molecule has 0 bridgehead atoms. The number of methoxy groups -OCH3 is 1. The number of imidazole rings is 1. The van der Waals surface area contributed by atoms with Crippen molar-refractivity contribution in [2.75, 3.05) is 25.6 Å². The number of ether oxygens (including phenoxy) is 1. The van der Waals surface area contributed by atoms with Gasteiger partial charge in [-0.1, -0.05) is 0 Å². The Kier molecular flexibility index (Phi) is 5.46. The number of hydrogen-bond donors (Lipinski definition) is 1. The number of alkyl halides is 3. The molecule has 0 spiro atoms. The van der Waals surface area contributed by atoms with Gasteiger partial charge in [0.2, 0.25) is 5.95 Å². The second kappa shape index (κ2) is 6.63. The molecule has 0 aliphatic heterocycles.